The van der Waals surface area contributed by atoms with Gasteiger partial charge in [-0.25, -0.2) is 0 Å². The van der Waals surface area contributed by atoms with Crippen LogP contribution in [0.1, 0.15) is 16.7 Å². The zero-order chi connectivity index (χ0) is 19.5. The fraction of sp³-hybridized carbons (Fsp3) is 0.0769. The van der Waals surface area contributed by atoms with Crippen LogP contribution in [-0.4, -0.2) is 7.11 Å². The van der Waals surface area contributed by atoms with E-state index in [1.807, 2.05) is 36.4 Å². The van der Waals surface area contributed by atoms with E-state index in [2.05, 4.69) is 55.6 Å². The maximum absolute atomic E-state index is 6.10. The van der Waals surface area contributed by atoms with E-state index in [0.29, 0.717) is 6.61 Å². The van der Waals surface area contributed by atoms with Crippen LogP contribution in [0.5, 0.6) is 11.5 Å². The van der Waals surface area contributed by atoms with Crippen LogP contribution in [0.2, 0.25) is 0 Å². The van der Waals surface area contributed by atoms with Crippen LogP contribution in [0.15, 0.2) is 79.9 Å². The molecule has 4 rings (SSSR count). The summed E-state index contributed by atoms with van der Waals surface area (Å²) in [5.41, 5.74) is 3.20. The van der Waals surface area contributed by atoms with Crippen LogP contribution in [0.3, 0.4) is 0 Å². The molecule has 0 unspecified atom stereocenters. The van der Waals surface area contributed by atoms with Gasteiger partial charge in [0.05, 0.1) is 7.11 Å². The summed E-state index contributed by atoms with van der Waals surface area (Å²) < 4.78 is 11.5. The SMILES string of the molecule is C=Cc1cc(OCc2ccc3c(C=C)c(OC)ccc3c2)cc2ccccc12. The zero-order valence-corrected chi connectivity index (χ0v) is 15.9. The summed E-state index contributed by atoms with van der Waals surface area (Å²) in [5.74, 6) is 1.68. The molecule has 0 amide bonds. The lowest BCUT2D eigenvalue weighted by Crippen LogP contribution is -1.97. The quantitative estimate of drug-likeness (QED) is 0.371. The summed E-state index contributed by atoms with van der Waals surface area (Å²) in [6.45, 7) is 8.35. The third-order valence-corrected chi connectivity index (χ3v) is 5.00. The van der Waals surface area contributed by atoms with Gasteiger partial charge in [-0.3, -0.25) is 0 Å². The fourth-order valence-electron chi connectivity index (χ4n) is 3.59. The molecule has 0 spiro atoms. The van der Waals surface area contributed by atoms with Gasteiger partial charge in [-0.1, -0.05) is 67.8 Å². The van der Waals surface area contributed by atoms with Crippen molar-refractivity contribution in [3.63, 3.8) is 0 Å². The molecule has 138 valence electrons. The standard InChI is InChI=1S/C26H22O2/c1-4-19-15-22(16-20-8-6-7-9-24(19)20)28-17-18-10-12-25-21(14-18)11-13-26(27-3)23(25)5-2/h4-16H,1-2,17H2,3H3. The van der Waals surface area contributed by atoms with E-state index in [0.717, 1.165) is 44.3 Å². The van der Waals surface area contributed by atoms with Crippen molar-refractivity contribution in [2.45, 2.75) is 6.61 Å². The summed E-state index contributed by atoms with van der Waals surface area (Å²) in [7, 11) is 1.68. The molecule has 0 saturated heterocycles. The summed E-state index contributed by atoms with van der Waals surface area (Å²) in [4.78, 5) is 0. The minimum atomic E-state index is 0.500. The molecule has 0 aromatic heterocycles. The van der Waals surface area contributed by atoms with Gasteiger partial charge in [-0.05, 0) is 56.9 Å². The van der Waals surface area contributed by atoms with E-state index in [9.17, 15) is 0 Å². The van der Waals surface area contributed by atoms with Crippen LogP contribution < -0.4 is 9.47 Å². The van der Waals surface area contributed by atoms with Gasteiger partial charge in [-0.2, -0.15) is 0 Å². The number of fused-ring (bicyclic) bond motifs is 2. The minimum absolute atomic E-state index is 0.500. The van der Waals surface area contributed by atoms with Crippen molar-refractivity contribution >= 4 is 33.7 Å². The Morgan fingerprint density at radius 1 is 0.821 bits per heavy atom. The van der Waals surface area contributed by atoms with Gasteiger partial charge in [-0.15, -0.1) is 0 Å². The smallest absolute Gasteiger partial charge is 0.126 e. The van der Waals surface area contributed by atoms with Crippen molar-refractivity contribution in [3.05, 3.63) is 96.6 Å². The molecular weight excluding hydrogens is 344 g/mol. The molecule has 0 saturated carbocycles. The molecule has 0 heterocycles. The largest absolute Gasteiger partial charge is 0.496 e. The molecule has 0 aliphatic carbocycles. The minimum Gasteiger partial charge on any atom is -0.496 e. The van der Waals surface area contributed by atoms with Crippen LogP contribution >= 0.6 is 0 Å². The first-order valence-electron chi connectivity index (χ1n) is 9.23. The average Bonchev–Trinajstić information content (AvgIpc) is 2.75. The van der Waals surface area contributed by atoms with Crippen LogP contribution in [-0.2, 0) is 6.61 Å². The summed E-state index contributed by atoms with van der Waals surface area (Å²) in [6, 6.07) is 22.8. The van der Waals surface area contributed by atoms with Gasteiger partial charge in [0.15, 0.2) is 0 Å². The topological polar surface area (TPSA) is 18.5 Å². The van der Waals surface area contributed by atoms with E-state index in [-0.39, 0.29) is 0 Å². The molecule has 28 heavy (non-hydrogen) atoms. The van der Waals surface area contributed by atoms with E-state index in [1.54, 1.807) is 7.11 Å². The Morgan fingerprint density at radius 2 is 1.64 bits per heavy atom. The van der Waals surface area contributed by atoms with Crippen molar-refractivity contribution in [1.82, 2.24) is 0 Å². The number of ether oxygens (including phenoxy) is 2. The first-order valence-corrected chi connectivity index (χ1v) is 9.23. The Hall–Kier alpha value is -3.52. The Kier molecular flexibility index (Phi) is 4.86. The highest BCUT2D eigenvalue weighted by molar-refractivity contribution is 5.93. The average molecular weight is 366 g/mol. The molecule has 0 atom stereocenters. The maximum atomic E-state index is 6.10. The van der Waals surface area contributed by atoms with E-state index in [1.165, 1.54) is 5.39 Å². The van der Waals surface area contributed by atoms with Gasteiger partial charge in [0.2, 0.25) is 0 Å². The third-order valence-electron chi connectivity index (χ3n) is 5.00. The molecule has 2 nitrogen and oxygen atoms in total. The summed E-state index contributed by atoms with van der Waals surface area (Å²) >= 11 is 0. The number of hydrogen-bond donors (Lipinski definition) is 0. The third kappa shape index (κ3) is 3.25. The molecule has 0 N–H and O–H groups in total. The highest BCUT2D eigenvalue weighted by Gasteiger charge is 2.07. The lowest BCUT2D eigenvalue weighted by atomic mass is 10.0. The molecule has 4 aromatic carbocycles. The number of methoxy groups -OCH3 is 1. The summed E-state index contributed by atoms with van der Waals surface area (Å²) in [6.07, 6.45) is 3.71. The molecule has 0 aliphatic rings. The Morgan fingerprint density at radius 3 is 2.43 bits per heavy atom. The normalized spacial score (nSPS) is 10.8. The molecular formula is C26H22O2. The monoisotopic (exact) mass is 366 g/mol. The number of hydrogen-bond acceptors (Lipinski definition) is 2. The first-order chi connectivity index (χ1) is 13.7. The molecule has 0 aliphatic heterocycles. The van der Waals surface area contributed by atoms with E-state index in [4.69, 9.17) is 9.47 Å². The second-order valence-corrected chi connectivity index (χ2v) is 6.67. The molecule has 2 heteroatoms. The van der Waals surface area contributed by atoms with Crippen molar-refractivity contribution in [1.29, 1.82) is 0 Å². The van der Waals surface area contributed by atoms with Crippen molar-refractivity contribution in [3.8, 4) is 11.5 Å². The Labute approximate surface area is 165 Å². The second kappa shape index (κ2) is 7.61. The molecule has 4 aromatic rings. The number of rotatable bonds is 6. The second-order valence-electron chi connectivity index (χ2n) is 6.67. The van der Waals surface area contributed by atoms with Crippen LogP contribution in [0.4, 0.5) is 0 Å². The highest BCUT2D eigenvalue weighted by atomic mass is 16.5. The molecule has 0 radical (unpaired) electrons. The lowest BCUT2D eigenvalue weighted by molar-refractivity contribution is 0.307. The maximum Gasteiger partial charge on any atom is 0.126 e. The Bertz CT molecular complexity index is 1190. The predicted molar refractivity (Wildman–Crippen MR) is 119 cm³/mol. The van der Waals surface area contributed by atoms with Crippen molar-refractivity contribution in [2.24, 2.45) is 0 Å². The van der Waals surface area contributed by atoms with E-state index < -0.39 is 0 Å². The van der Waals surface area contributed by atoms with E-state index >= 15 is 0 Å². The van der Waals surface area contributed by atoms with Crippen molar-refractivity contribution in [2.75, 3.05) is 7.11 Å². The van der Waals surface area contributed by atoms with Gasteiger partial charge in [0.1, 0.15) is 18.1 Å². The van der Waals surface area contributed by atoms with Crippen molar-refractivity contribution < 1.29 is 9.47 Å². The van der Waals surface area contributed by atoms with Gasteiger partial charge < -0.3 is 9.47 Å². The van der Waals surface area contributed by atoms with Gasteiger partial charge in [0, 0.05) is 5.56 Å². The van der Waals surface area contributed by atoms with Gasteiger partial charge in [0.25, 0.3) is 0 Å². The summed E-state index contributed by atoms with van der Waals surface area (Å²) in [5, 5.41) is 4.59. The van der Waals surface area contributed by atoms with Gasteiger partial charge >= 0.3 is 0 Å². The first kappa shape index (κ1) is 17.9. The predicted octanol–water partition coefficient (Wildman–Crippen LogP) is 6.87. The van der Waals surface area contributed by atoms with Crippen LogP contribution in [0, 0.1) is 0 Å². The fourth-order valence-corrected chi connectivity index (χ4v) is 3.59. The lowest BCUT2D eigenvalue weighted by Gasteiger charge is -2.12. The molecule has 0 bridgehead atoms. The van der Waals surface area contributed by atoms with Crippen LogP contribution in [0.25, 0.3) is 33.7 Å². The number of benzene rings is 4. The highest BCUT2D eigenvalue weighted by Crippen LogP contribution is 2.30. The zero-order valence-electron chi connectivity index (χ0n) is 15.9. The molecule has 0 fully saturated rings. The Balaban J connectivity index is 1.63.